The molecule has 0 aromatic heterocycles. The molecular weight excluding hydrogens is 426 g/mol. The monoisotopic (exact) mass is 457 g/mol. The summed E-state index contributed by atoms with van der Waals surface area (Å²) in [4.78, 5) is 26.5. The first-order chi connectivity index (χ1) is 15.1. The van der Waals surface area contributed by atoms with Gasteiger partial charge in [0.15, 0.2) is 0 Å². The highest BCUT2D eigenvalue weighted by atomic mass is 32.2. The Kier molecular flexibility index (Phi) is 7.36. The summed E-state index contributed by atoms with van der Waals surface area (Å²) in [6.45, 7) is 6.98. The number of likely N-dealkylation sites (N-methyl/N-ethyl adjacent to an activating group) is 1. The van der Waals surface area contributed by atoms with Crippen molar-refractivity contribution in [3.05, 3.63) is 59.7 Å². The van der Waals surface area contributed by atoms with Gasteiger partial charge in [0.2, 0.25) is 15.9 Å². The van der Waals surface area contributed by atoms with Crippen LogP contribution in [0, 0.1) is 18.8 Å². The van der Waals surface area contributed by atoms with Gasteiger partial charge in [-0.1, -0.05) is 31.5 Å². The van der Waals surface area contributed by atoms with Gasteiger partial charge in [-0.05, 0) is 61.6 Å². The van der Waals surface area contributed by atoms with E-state index in [0.29, 0.717) is 36.2 Å². The van der Waals surface area contributed by atoms with Gasteiger partial charge >= 0.3 is 0 Å². The average molecular weight is 458 g/mol. The van der Waals surface area contributed by atoms with E-state index < -0.39 is 10.0 Å². The minimum atomic E-state index is -3.60. The van der Waals surface area contributed by atoms with Crippen LogP contribution < -0.4 is 5.32 Å². The Morgan fingerprint density at radius 1 is 1.00 bits per heavy atom. The molecule has 2 aromatic rings. The zero-order chi connectivity index (χ0) is 23.5. The Morgan fingerprint density at radius 3 is 2.12 bits per heavy atom. The molecular formula is C24H31N3O4S. The van der Waals surface area contributed by atoms with Crippen LogP contribution in [0.15, 0.2) is 53.4 Å². The number of rotatable bonds is 6. The maximum Gasteiger partial charge on any atom is 0.254 e. The summed E-state index contributed by atoms with van der Waals surface area (Å²) in [7, 11) is -2.06. The molecule has 0 spiro atoms. The zero-order valence-corrected chi connectivity index (χ0v) is 19.9. The summed E-state index contributed by atoms with van der Waals surface area (Å²) in [5.41, 5.74) is 2.08. The molecule has 3 rings (SSSR count). The maximum absolute atomic E-state index is 13.0. The van der Waals surface area contributed by atoms with E-state index in [1.807, 2.05) is 19.1 Å². The molecule has 0 saturated carbocycles. The normalized spacial score (nSPS) is 19.4. The molecule has 1 N–H and O–H groups in total. The number of benzene rings is 2. The van der Waals surface area contributed by atoms with Crippen LogP contribution in [0.1, 0.15) is 36.2 Å². The molecule has 32 heavy (non-hydrogen) atoms. The lowest BCUT2D eigenvalue weighted by atomic mass is 9.94. The number of amides is 2. The van der Waals surface area contributed by atoms with Gasteiger partial charge in [-0.3, -0.25) is 9.59 Å². The van der Waals surface area contributed by atoms with Gasteiger partial charge in [-0.2, -0.15) is 4.31 Å². The molecule has 2 amide bonds. The Morgan fingerprint density at radius 2 is 1.56 bits per heavy atom. The van der Waals surface area contributed by atoms with Gasteiger partial charge in [0.25, 0.3) is 5.91 Å². The van der Waals surface area contributed by atoms with E-state index in [1.165, 1.54) is 40.5 Å². The second-order valence-corrected chi connectivity index (χ2v) is 10.8. The van der Waals surface area contributed by atoms with Crippen LogP contribution in [-0.4, -0.2) is 56.1 Å². The van der Waals surface area contributed by atoms with E-state index in [2.05, 4.69) is 19.2 Å². The number of hydrogen-bond acceptors (Lipinski definition) is 4. The Hall–Kier alpha value is -2.71. The van der Waals surface area contributed by atoms with Crippen molar-refractivity contribution >= 4 is 27.5 Å². The van der Waals surface area contributed by atoms with Crippen molar-refractivity contribution in [2.45, 2.75) is 32.1 Å². The first-order valence-corrected chi connectivity index (χ1v) is 12.2. The number of carbonyl (C=O) groups excluding carboxylic acids is 2. The van der Waals surface area contributed by atoms with Crippen molar-refractivity contribution in [3.8, 4) is 0 Å². The number of sulfonamides is 1. The van der Waals surface area contributed by atoms with Crippen molar-refractivity contribution in [2.75, 3.05) is 32.0 Å². The fourth-order valence-corrected chi connectivity index (χ4v) is 5.75. The summed E-state index contributed by atoms with van der Waals surface area (Å²) in [6.07, 6.45) is 1.02. The minimum Gasteiger partial charge on any atom is -0.332 e. The maximum atomic E-state index is 13.0. The number of nitrogens with one attached hydrogen (secondary N) is 1. The second-order valence-electron chi connectivity index (χ2n) is 8.87. The molecule has 1 heterocycles. The van der Waals surface area contributed by atoms with Crippen molar-refractivity contribution in [1.29, 1.82) is 0 Å². The number of nitrogens with zero attached hydrogens (tertiary/aromatic N) is 2. The van der Waals surface area contributed by atoms with Crippen LogP contribution >= 0.6 is 0 Å². The molecule has 0 radical (unpaired) electrons. The van der Waals surface area contributed by atoms with Crippen LogP contribution in [0.2, 0.25) is 0 Å². The summed E-state index contributed by atoms with van der Waals surface area (Å²) in [6, 6.07) is 13.3. The molecule has 0 bridgehead atoms. The van der Waals surface area contributed by atoms with E-state index in [-0.39, 0.29) is 23.3 Å². The first kappa shape index (κ1) is 23.9. The van der Waals surface area contributed by atoms with Crippen LogP contribution in [-0.2, 0) is 14.8 Å². The van der Waals surface area contributed by atoms with E-state index in [4.69, 9.17) is 0 Å². The quantitative estimate of drug-likeness (QED) is 0.721. The van der Waals surface area contributed by atoms with Crippen molar-refractivity contribution in [3.63, 3.8) is 0 Å². The standard InChI is InChI=1S/C24H31N3O4S/c1-17-5-9-21(10-6-17)25-23(28)16-26(4)24(29)20-7-11-22(12-8-20)32(30,31)27-14-18(2)13-19(3)15-27/h5-12,18-19H,13-16H2,1-4H3,(H,25,28)/t18-,19-/m0/s1. The first-order valence-electron chi connectivity index (χ1n) is 10.8. The minimum absolute atomic E-state index is 0.115. The van der Waals surface area contributed by atoms with E-state index >= 15 is 0 Å². The van der Waals surface area contributed by atoms with Gasteiger partial charge in [0, 0.05) is 31.4 Å². The molecule has 8 heteroatoms. The second kappa shape index (κ2) is 9.83. The topological polar surface area (TPSA) is 86.8 Å². The predicted molar refractivity (Wildman–Crippen MR) is 125 cm³/mol. The number of anilines is 1. The molecule has 2 atom stereocenters. The zero-order valence-electron chi connectivity index (χ0n) is 19.0. The Balaban J connectivity index is 1.63. The Bertz CT molecular complexity index is 1060. The average Bonchev–Trinajstić information content (AvgIpc) is 2.74. The number of carbonyl (C=O) groups is 2. The van der Waals surface area contributed by atoms with E-state index in [1.54, 1.807) is 12.1 Å². The molecule has 1 fully saturated rings. The van der Waals surface area contributed by atoms with Gasteiger partial charge in [-0.25, -0.2) is 8.42 Å². The van der Waals surface area contributed by atoms with Gasteiger partial charge in [-0.15, -0.1) is 0 Å². The van der Waals surface area contributed by atoms with Crippen molar-refractivity contribution in [1.82, 2.24) is 9.21 Å². The fraction of sp³-hybridized carbons (Fsp3) is 0.417. The van der Waals surface area contributed by atoms with Crippen LogP contribution in [0.4, 0.5) is 5.69 Å². The summed E-state index contributed by atoms with van der Waals surface area (Å²) >= 11 is 0. The molecule has 0 unspecified atom stereocenters. The number of hydrogen-bond donors (Lipinski definition) is 1. The summed E-state index contributed by atoms with van der Waals surface area (Å²) < 4.78 is 27.6. The summed E-state index contributed by atoms with van der Waals surface area (Å²) in [5.74, 6) is -0.0337. The van der Waals surface area contributed by atoms with Crippen molar-refractivity contribution < 1.29 is 18.0 Å². The lowest BCUT2D eigenvalue weighted by Crippen LogP contribution is -2.42. The molecule has 1 aliphatic rings. The van der Waals surface area contributed by atoms with Crippen LogP contribution in [0.25, 0.3) is 0 Å². The highest BCUT2D eigenvalue weighted by Crippen LogP contribution is 2.26. The number of aryl methyl sites for hydroxylation is 1. The SMILES string of the molecule is Cc1ccc(NC(=O)CN(C)C(=O)c2ccc(S(=O)(=O)N3C[C@@H](C)C[C@H](C)C3)cc2)cc1. The highest BCUT2D eigenvalue weighted by Gasteiger charge is 2.31. The lowest BCUT2D eigenvalue weighted by molar-refractivity contribution is -0.116. The summed E-state index contributed by atoms with van der Waals surface area (Å²) in [5, 5.41) is 2.76. The van der Waals surface area contributed by atoms with Gasteiger partial charge < -0.3 is 10.2 Å². The predicted octanol–water partition coefficient (Wildman–Crippen LogP) is 3.37. The lowest BCUT2D eigenvalue weighted by Gasteiger charge is -2.34. The smallest absolute Gasteiger partial charge is 0.254 e. The van der Waals surface area contributed by atoms with Crippen LogP contribution in [0.5, 0.6) is 0 Å². The largest absolute Gasteiger partial charge is 0.332 e. The molecule has 0 aliphatic carbocycles. The third kappa shape index (κ3) is 5.75. The fourth-order valence-electron chi connectivity index (χ4n) is 4.07. The van der Waals surface area contributed by atoms with Gasteiger partial charge in [0.1, 0.15) is 0 Å². The van der Waals surface area contributed by atoms with E-state index in [0.717, 1.165) is 12.0 Å². The third-order valence-electron chi connectivity index (χ3n) is 5.64. The molecule has 1 aliphatic heterocycles. The highest BCUT2D eigenvalue weighted by molar-refractivity contribution is 7.89. The molecule has 172 valence electrons. The third-order valence-corrected chi connectivity index (χ3v) is 7.48. The van der Waals surface area contributed by atoms with Gasteiger partial charge in [0.05, 0.1) is 11.4 Å². The molecule has 2 aromatic carbocycles. The van der Waals surface area contributed by atoms with E-state index in [9.17, 15) is 18.0 Å². The van der Waals surface area contributed by atoms with Crippen LogP contribution in [0.3, 0.4) is 0 Å². The Labute approximate surface area is 190 Å². The number of piperidine rings is 1. The molecule has 1 saturated heterocycles. The molecule has 7 nitrogen and oxygen atoms in total. The van der Waals surface area contributed by atoms with Crippen molar-refractivity contribution in [2.24, 2.45) is 11.8 Å².